The van der Waals surface area contributed by atoms with Gasteiger partial charge in [0.2, 0.25) is 0 Å². The molecular formula is CBa2ClO3+. The summed E-state index contributed by atoms with van der Waals surface area (Å²) in [6.45, 7) is 0. The average Bonchev–Trinajstić information content (AvgIpc) is 0.811. The third-order valence-corrected chi connectivity index (χ3v) is 0. The number of carbonyl (C=O) groups is 1. The van der Waals surface area contributed by atoms with Crippen molar-refractivity contribution >= 4 is 104 Å². The van der Waals surface area contributed by atoms with E-state index in [4.69, 9.17) is 15.0 Å². The number of hydrogen-bond acceptors (Lipinski definition) is 3. The zero-order valence-corrected chi connectivity index (χ0v) is 13.2. The molecule has 0 unspecified atom stereocenters. The Morgan fingerprint density at radius 3 is 1.14 bits per heavy atom. The van der Waals surface area contributed by atoms with Gasteiger partial charge in [-0.05, 0) is 6.16 Å². The summed E-state index contributed by atoms with van der Waals surface area (Å²) >= 11 is 0. The molecule has 0 amide bonds. The van der Waals surface area contributed by atoms with E-state index in [0.29, 0.717) is 0 Å². The smallest absolute Gasteiger partial charge is 1.00 e. The van der Waals surface area contributed by atoms with E-state index in [-0.39, 0.29) is 110 Å². The van der Waals surface area contributed by atoms with Crippen LogP contribution in [0.15, 0.2) is 0 Å². The van der Waals surface area contributed by atoms with E-state index in [1.807, 2.05) is 0 Å². The van der Waals surface area contributed by atoms with Gasteiger partial charge in [-0.1, -0.05) is 0 Å². The van der Waals surface area contributed by atoms with Crippen LogP contribution < -0.4 is 22.6 Å². The minimum Gasteiger partial charge on any atom is -1.00 e. The summed E-state index contributed by atoms with van der Waals surface area (Å²) in [7, 11) is 0. The summed E-state index contributed by atoms with van der Waals surface area (Å²) in [5.41, 5.74) is 0. The number of halogens is 1. The molecule has 0 N–H and O–H groups in total. The van der Waals surface area contributed by atoms with Gasteiger partial charge in [0.1, 0.15) is 0 Å². The monoisotopic (exact) mass is 371 g/mol. The Morgan fingerprint density at radius 2 is 1.14 bits per heavy atom. The van der Waals surface area contributed by atoms with Crippen LogP contribution in [-0.2, 0) is 0 Å². The first-order chi connectivity index (χ1) is 1.73. The normalized spacial score (nSPS) is 3.43. The molecule has 0 aromatic rings. The fourth-order valence-corrected chi connectivity index (χ4v) is 0. The van der Waals surface area contributed by atoms with Crippen LogP contribution in [0.5, 0.6) is 0 Å². The maximum absolute atomic E-state index is 8.33. The summed E-state index contributed by atoms with van der Waals surface area (Å²) in [5, 5.41) is 16.7. The van der Waals surface area contributed by atoms with Gasteiger partial charge in [0.05, 0.1) is 0 Å². The average molecular weight is 370 g/mol. The van der Waals surface area contributed by atoms with Gasteiger partial charge in [0, 0.05) is 0 Å². The second-order valence-corrected chi connectivity index (χ2v) is 0.250. The Balaban J connectivity index is -0.0000000150. The summed E-state index contributed by atoms with van der Waals surface area (Å²) in [6.07, 6.45) is -2.33. The molecular weight excluding hydrogens is 370 g/mol. The molecule has 0 saturated heterocycles. The molecule has 32 valence electrons. The van der Waals surface area contributed by atoms with Crippen LogP contribution in [0.1, 0.15) is 0 Å². The Kier molecular flexibility index (Phi) is 51.3. The molecule has 0 atom stereocenters. The van der Waals surface area contributed by atoms with Gasteiger partial charge in [-0.25, -0.2) is 0 Å². The third kappa shape index (κ3) is 53.5. The van der Waals surface area contributed by atoms with Crippen molar-refractivity contribution in [3.05, 3.63) is 0 Å². The fraction of sp³-hybridized carbons (Fsp3) is 0. The van der Waals surface area contributed by atoms with Crippen LogP contribution in [0.3, 0.4) is 0 Å². The first-order valence-electron chi connectivity index (χ1n) is 0.612. The Labute approximate surface area is 128 Å². The van der Waals surface area contributed by atoms with Crippen LogP contribution in [0.2, 0.25) is 0 Å². The van der Waals surface area contributed by atoms with E-state index in [2.05, 4.69) is 0 Å². The van der Waals surface area contributed by atoms with Gasteiger partial charge in [-0.3, -0.25) is 0 Å². The second-order valence-electron chi connectivity index (χ2n) is 0.250. The van der Waals surface area contributed by atoms with Crippen molar-refractivity contribution in [3.8, 4) is 0 Å². The van der Waals surface area contributed by atoms with Gasteiger partial charge in [-0.2, -0.15) is 0 Å². The van der Waals surface area contributed by atoms with Gasteiger partial charge < -0.3 is 27.4 Å². The van der Waals surface area contributed by atoms with E-state index in [9.17, 15) is 0 Å². The predicted octanol–water partition coefficient (Wildman–Crippen LogP) is -6.20. The molecule has 0 aromatic carbocycles. The molecule has 0 fully saturated rings. The largest absolute Gasteiger partial charge is 2.00 e. The van der Waals surface area contributed by atoms with Crippen LogP contribution in [0.25, 0.3) is 0 Å². The molecule has 0 saturated carbocycles. The molecule has 0 aliphatic rings. The van der Waals surface area contributed by atoms with Crippen molar-refractivity contribution in [2.45, 2.75) is 0 Å². The van der Waals surface area contributed by atoms with Gasteiger partial charge >= 0.3 is 97.8 Å². The van der Waals surface area contributed by atoms with Crippen LogP contribution in [-0.4, -0.2) is 104 Å². The molecule has 0 aliphatic carbocycles. The van der Waals surface area contributed by atoms with Gasteiger partial charge in [0.15, 0.2) is 0 Å². The van der Waals surface area contributed by atoms with Crippen LogP contribution in [0, 0.1) is 0 Å². The standard InChI is InChI=1S/CH2O3.2Ba.ClH/c2-1(3)4;;;/h(H2,2,3,4);;;1H/q;2*+2;/p-3. The van der Waals surface area contributed by atoms with E-state index in [1.54, 1.807) is 0 Å². The summed E-state index contributed by atoms with van der Waals surface area (Å²) in [6, 6.07) is 0. The van der Waals surface area contributed by atoms with Crippen molar-refractivity contribution < 1.29 is 27.4 Å². The molecule has 0 radical (unpaired) electrons. The maximum atomic E-state index is 8.33. The summed E-state index contributed by atoms with van der Waals surface area (Å²) < 4.78 is 0. The van der Waals surface area contributed by atoms with Crippen molar-refractivity contribution in [2.75, 3.05) is 0 Å². The van der Waals surface area contributed by atoms with Gasteiger partial charge in [0.25, 0.3) is 0 Å². The zero-order valence-electron chi connectivity index (χ0n) is 3.52. The SMILES string of the molecule is O=C([O-])[O-].[Ba+2].[Ba+2].[Cl-]. The van der Waals surface area contributed by atoms with E-state index < -0.39 is 6.16 Å². The fourth-order valence-electron chi connectivity index (χ4n) is 0. The minimum atomic E-state index is -2.33. The summed E-state index contributed by atoms with van der Waals surface area (Å²) in [5.74, 6) is 0. The molecule has 0 bridgehead atoms. The van der Waals surface area contributed by atoms with Crippen molar-refractivity contribution in [1.82, 2.24) is 0 Å². The first kappa shape index (κ1) is 22.6. The maximum Gasteiger partial charge on any atom is 2.00 e. The Morgan fingerprint density at radius 1 is 1.14 bits per heavy atom. The molecule has 3 nitrogen and oxygen atoms in total. The van der Waals surface area contributed by atoms with Crippen molar-refractivity contribution in [1.29, 1.82) is 0 Å². The Bertz CT molecular complexity index is 35.9. The number of rotatable bonds is 0. The topological polar surface area (TPSA) is 63.2 Å². The van der Waals surface area contributed by atoms with Crippen LogP contribution >= 0.6 is 0 Å². The minimum absolute atomic E-state index is 0. The third-order valence-electron chi connectivity index (χ3n) is 0. The molecule has 0 aliphatic heterocycles. The molecule has 0 spiro atoms. The zero-order chi connectivity index (χ0) is 3.58. The number of hydrogen-bond donors (Lipinski definition) is 0. The van der Waals surface area contributed by atoms with E-state index in [1.165, 1.54) is 0 Å². The molecule has 6 heteroatoms. The predicted molar refractivity (Wildman–Crippen MR) is 16.9 cm³/mol. The Hall–Kier alpha value is 2.70. The molecule has 0 aromatic heterocycles. The quantitative estimate of drug-likeness (QED) is 0.399. The number of carboxylic acid groups (broad SMARTS) is 2. The van der Waals surface area contributed by atoms with E-state index >= 15 is 0 Å². The van der Waals surface area contributed by atoms with Crippen molar-refractivity contribution in [2.24, 2.45) is 0 Å². The molecule has 0 heterocycles. The summed E-state index contributed by atoms with van der Waals surface area (Å²) in [4.78, 5) is 8.33. The van der Waals surface area contributed by atoms with Gasteiger partial charge in [-0.15, -0.1) is 0 Å². The molecule has 7 heavy (non-hydrogen) atoms. The second kappa shape index (κ2) is 15.9. The van der Waals surface area contributed by atoms with E-state index in [0.717, 1.165) is 0 Å². The first-order valence-corrected chi connectivity index (χ1v) is 0.612. The molecule has 0 rings (SSSR count). The van der Waals surface area contributed by atoms with Crippen molar-refractivity contribution in [3.63, 3.8) is 0 Å². The number of carbonyl (C=O) groups excluding carboxylic acids is 1. The van der Waals surface area contributed by atoms with Crippen LogP contribution in [0.4, 0.5) is 4.79 Å².